The van der Waals surface area contributed by atoms with Gasteiger partial charge in [0.2, 0.25) is 10.0 Å². The van der Waals surface area contributed by atoms with E-state index in [9.17, 15) is 17.2 Å². The van der Waals surface area contributed by atoms with Crippen molar-refractivity contribution in [2.45, 2.75) is 17.9 Å². The van der Waals surface area contributed by atoms with Gasteiger partial charge in [-0.1, -0.05) is 30.3 Å². The van der Waals surface area contributed by atoms with Crippen LogP contribution < -0.4 is 0 Å². The minimum absolute atomic E-state index is 0.175. The molecule has 0 aliphatic carbocycles. The van der Waals surface area contributed by atoms with Gasteiger partial charge in [-0.15, -0.1) is 0 Å². The van der Waals surface area contributed by atoms with Crippen LogP contribution in [-0.4, -0.2) is 43.8 Å². The summed E-state index contributed by atoms with van der Waals surface area (Å²) >= 11 is 0. The van der Waals surface area contributed by atoms with Crippen molar-refractivity contribution in [3.63, 3.8) is 0 Å². The van der Waals surface area contributed by atoms with Crippen molar-refractivity contribution in [1.29, 1.82) is 0 Å². The lowest BCUT2D eigenvalue weighted by molar-refractivity contribution is 0.145. The Kier molecular flexibility index (Phi) is 5.17. The molecule has 4 nitrogen and oxygen atoms in total. The monoisotopic (exact) mass is 366 g/mol. The van der Waals surface area contributed by atoms with Crippen molar-refractivity contribution in [3.8, 4) is 0 Å². The third kappa shape index (κ3) is 3.73. The van der Waals surface area contributed by atoms with Crippen LogP contribution in [0.5, 0.6) is 0 Å². The lowest BCUT2D eigenvalue weighted by Gasteiger charge is -2.37. The topological polar surface area (TPSA) is 40.6 Å². The maximum atomic E-state index is 13.9. The van der Waals surface area contributed by atoms with Gasteiger partial charge in [0.1, 0.15) is 16.5 Å². The average Bonchev–Trinajstić information content (AvgIpc) is 2.61. The minimum atomic E-state index is -3.96. The number of piperazine rings is 1. The Morgan fingerprint density at radius 1 is 0.960 bits per heavy atom. The van der Waals surface area contributed by atoms with E-state index in [0.29, 0.717) is 19.2 Å². The van der Waals surface area contributed by atoms with Gasteiger partial charge in [-0.3, -0.25) is 4.90 Å². The van der Waals surface area contributed by atoms with E-state index < -0.39 is 26.6 Å². The van der Waals surface area contributed by atoms with Gasteiger partial charge in [0, 0.05) is 38.3 Å². The Morgan fingerprint density at radius 3 is 2.20 bits per heavy atom. The molecule has 0 bridgehead atoms. The average molecular weight is 366 g/mol. The summed E-state index contributed by atoms with van der Waals surface area (Å²) in [5.41, 5.74) is 1.17. The van der Waals surface area contributed by atoms with Crippen molar-refractivity contribution in [1.82, 2.24) is 9.21 Å². The number of hydrogen-bond donors (Lipinski definition) is 0. The third-order valence-corrected chi connectivity index (χ3v) is 6.55. The first-order valence-electron chi connectivity index (χ1n) is 8.14. The van der Waals surface area contributed by atoms with Crippen molar-refractivity contribution in [3.05, 3.63) is 65.7 Å². The fourth-order valence-corrected chi connectivity index (χ4v) is 4.56. The first-order chi connectivity index (χ1) is 11.9. The van der Waals surface area contributed by atoms with Gasteiger partial charge in [-0.2, -0.15) is 4.31 Å². The molecule has 3 rings (SSSR count). The Balaban J connectivity index is 1.71. The predicted octanol–water partition coefficient (Wildman–Crippen LogP) is 3.03. The molecule has 0 radical (unpaired) electrons. The van der Waals surface area contributed by atoms with Crippen molar-refractivity contribution < 1.29 is 17.2 Å². The molecule has 0 spiro atoms. The summed E-state index contributed by atoms with van der Waals surface area (Å²) in [6, 6.07) is 12.7. The normalized spacial score (nSPS) is 18.2. The zero-order chi connectivity index (χ0) is 18.0. The van der Waals surface area contributed by atoms with Crippen LogP contribution in [0, 0.1) is 11.6 Å². The number of sulfonamides is 1. The van der Waals surface area contributed by atoms with E-state index in [2.05, 4.69) is 11.8 Å². The number of rotatable bonds is 4. The molecule has 0 amide bonds. The van der Waals surface area contributed by atoms with Gasteiger partial charge < -0.3 is 0 Å². The molecular weight excluding hydrogens is 346 g/mol. The lowest BCUT2D eigenvalue weighted by atomic mass is 10.1. The Labute approximate surface area is 146 Å². The number of benzene rings is 2. The fourth-order valence-electron chi connectivity index (χ4n) is 3.10. The maximum Gasteiger partial charge on any atom is 0.246 e. The lowest BCUT2D eigenvalue weighted by Crippen LogP contribution is -2.49. The molecule has 0 unspecified atom stereocenters. The van der Waals surface area contributed by atoms with E-state index in [4.69, 9.17) is 0 Å². The van der Waals surface area contributed by atoms with Crippen LogP contribution in [0.2, 0.25) is 0 Å². The van der Waals surface area contributed by atoms with E-state index in [1.807, 2.05) is 30.3 Å². The summed E-state index contributed by atoms with van der Waals surface area (Å²) < 4.78 is 53.4. The summed E-state index contributed by atoms with van der Waals surface area (Å²) in [7, 11) is -3.96. The highest BCUT2D eigenvalue weighted by atomic mass is 32.2. The highest BCUT2D eigenvalue weighted by molar-refractivity contribution is 7.89. The SMILES string of the molecule is C[C@@H](c1ccccc1)N1CCN(S(=O)(=O)c2ccc(F)cc2F)CC1. The standard InChI is InChI=1S/C18H20F2N2O2S/c1-14(15-5-3-2-4-6-15)21-9-11-22(12-10-21)25(23,24)18-8-7-16(19)13-17(18)20/h2-8,13-14H,9-12H2,1H3/t14-/m0/s1. The summed E-state index contributed by atoms with van der Waals surface area (Å²) in [4.78, 5) is 1.72. The number of halogens is 2. The second kappa shape index (κ2) is 7.19. The van der Waals surface area contributed by atoms with Crippen LogP contribution >= 0.6 is 0 Å². The molecule has 1 heterocycles. The molecule has 1 aliphatic rings. The summed E-state index contributed by atoms with van der Waals surface area (Å²) in [6.07, 6.45) is 0. The fraction of sp³-hybridized carbons (Fsp3) is 0.333. The van der Waals surface area contributed by atoms with Gasteiger partial charge in [0.15, 0.2) is 0 Å². The predicted molar refractivity (Wildman–Crippen MR) is 91.5 cm³/mol. The minimum Gasteiger partial charge on any atom is -0.294 e. The van der Waals surface area contributed by atoms with Crippen LogP contribution in [0.25, 0.3) is 0 Å². The smallest absolute Gasteiger partial charge is 0.246 e. The zero-order valence-corrected chi connectivity index (χ0v) is 14.7. The molecule has 1 saturated heterocycles. The molecule has 1 atom stereocenters. The molecule has 0 aromatic heterocycles. The number of hydrogen-bond acceptors (Lipinski definition) is 3. The van der Waals surface area contributed by atoms with E-state index in [0.717, 1.165) is 12.1 Å². The molecule has 0 saturated carbocycles. The third-order valence-electron chi connectivity index (χ3n) is 4.61. The second-order valence-corrected chi connectivity index (χ2v) is 8.01. The molecule has 2 aromatic rings. The van der Waals surface area contributed by atoms with Gasteiger partial charge >= 0.3 is 0 Å². The van der Waals surface area contributed by atoms with Crippen molar-refractivity contribution in [2.24, 2.45) is 0 Å². The molecule has 0 N–H and O–H groups in total. The van der Waals surface area contributed by atoms with Gasteiger partial charge in [0.25, 0.3) is 0 Å². The highest BCUT2D eigenvalue weighted by Crippen LogP contribution is 2.25. The maximum absolute atomic E-state index is 13.9. The molecule has 2 aromatic carbocycles. The van der Waals surface area contributed by atoms with Gasteiger partial charge in [-0.05, 0) is 24.6 Å². The number of nitrogens with zero attached hydrogens (tertiary/aromatic N) is 2. The summed E-state index contributed by atoms with van der Waals surface area (Å²) in [5, 5.41) is 0. The second-order valence-electron chi connectivity index (χ2n) is 6.10. The first-order valence-corrected chi connectivity index (χ1v) is 9.58. The Hall–Kier alpha value is -1.83. The molecule has 134 valence electrons. The van der Waals surface area contributed by atoms with E-state index in [-0.39, 0.29) is 19.1 Å². The van der Waals surface area contributed by atoms with Crippen LogP contribution in [-0.2, 0) is 10.0 Å². The quantitative estimate of drug-likeness (QED) is 0.835. The van der Waals surface area contributed by atoms with Crippen LogP contribution in [0.1, 0.15) is 18.5 Å². The molecular formula is C18H20F2N2O2S. The molecule has 7 heteroatoms. The Bertz CT molecular complexity index is 835. The summed E-state index contributed by atoms with van der Waals surface area (Å²) in [5.74, 6) is -1.85. The first kappa shape index (κ1) is 18.0. The van der Waals surface area contributed by atoms with E-state index >= 15 is 0 Å². The van der Waals surface area contributed by atoms with Crippen molar-refractivity contribution >= 4 is 10.0 Å². The van der Waals surface area contributed by atoms with E-state index in [1.165, 1.54) is 9.87 Å². The summed E-state index contributed by atoms with van der Waals surface area (Å²) in [6.45, 7) is 3.74. The van der Waals surface area contributed by atoms with Crippen molar-refractivity contribution in [2.75, 3.05) is 26.2 Å². The molecule has 25 heavy (non-hydrogen) atoms. The van der Waals surface area contributed by atoms with Crippen LogP contribution in [0.15, 0.2) is 53.4 Å². The van der Waals surface area contributed by atoms with Crippen LogP contribution in [0.3, 0.4) is 0 Å². The highest BCUT2D eigenvalue weighted by Gasteiger charge is 2.32. The van der Waals surface area contributed by atoms with Gasteiger partial charge in [0.05, 0.1) is 0 Å². The van der Waals surface area contributed by atoms with Gasteiger partial charge in [-0.25, -0.2) is 17.2 Å². The molecule has 1 fully saturated rings. The zero-order valence-electron chi connectivity index (χ0n) is 13.9. The largest absolute Gasteiger partial charge is 0.294 e. The molecule has 1 aliphatic heterocycles. The Morgan fingerprint density at radius 2 is 1.60 bits per heavy atom. The van der Waals surface area contributed by atoms with Crippen LogP contribution in [0.4, 0.5) is 8.78 Å². The van der Waals surface area contributed by atoms with E-state index in [1.54, 1.807) is 0 Å².